The summed E-state index contributed by atoms with van der Waals surface area (Å²) in [6, 6.07) is 5.11. The van der Waals surface area contributed by atoms with E-state index < -0.39 is 0 Å². The zero-order valence-corrected chi connectivity index (χ0v) is 8.27. The third-order valence-electron chi connectivity index (χ3n) is 1.67. The Labute approximate surface area is 82.1 Å². The van der Waals surface area contributed by atoms with Gasteiger partial charge in [-0.25, -0.2) is 4.79 Å². The van der Waals surface area contributed by atoms with Crippen LogP contribution in [0.25, 0.3) is 0 Å². The molecule has 0 aliphatic rings. The van der Waals surface area contributed by atoms with Crippen molar-refractivity contribution < 1.29 is 4.79 Å². The van der Waals surface area contributed by atoms with Crippen LogP contribution in [0, 0.1) is 6.92 Å². The van der Waals surface area contributed by atoms with Crippen molar-refractivity contribution in [2.75, 3.05) is 12.4 Å². The number of hydrogen-bond acceptors (Lipinski definition) is 1. The lowest BCUT2D eigenvalue weighted by atomic mass is 10.2. The van der Waals surface area contributed by atoms with Crippen molar-refractivity contribution in [1.29, 1.82) is 0 Å². The number of urea groups is 1. The van der Waals surface area contributed by atoms with Gasteiger partial charge >= 0.3 is 6.03 Å². The fourth-order valence-electron chi connectivity index (χ4n) is 0.914. The van der Waals surface area contributed by atoms with Crippen LogP contribution < -0.4 is 10.6 Å². The lowest BCUT2D eigenvalue weighted by Gasteiger charge is -2.07. The number of carbonyl (C=O) groups is 1. The summed E-state index contributed by atoms with van der Waals surface area (Å²) in [5.74, 6) is 0. The molecular weight excluding hydrogens is 188 g/mol. The molecule has 0 radical (unpaired) electrons. The number of rotatable bonds is 1. The second-order valence-corrected chi connectivity index (χ2v) is 3.10. The first-order chi connectivity index (χ1) is 6.13. The molecule has 0 aromatic heterocycles. The number of anilines is 1. The van der Waals surface area contributed by atoms with Crippen LogP contribution in [-0.4, -0.2) is 13.1 Å². The first-order valence-electron chi connectivity index (χ1n) is 3.88. The average molecular weight is 199 g/mol. The Bertz CT molecular complexity index is 325. The van der Waals surface area contributed by atoms with E-state index in [4.69, 9.17) is 11.6 Å². The molecule has 0 unspecified atom stereocenters. The number of aryl methyl sites for hydroxylation is 1. The van der Waals surface area contributed by atoms with Gasteiger partial charge in [0.15, 0.2) is 0 Å². The minimum absolute atomic E-state index is 0.245. The highest BCUT2D eigenvalue weighted by molar-refractivity contribution is 6.31. The van der Waals surface area contributed by atoms with Crippen LogP contribution >= 0.6 is 11.6 Å². The van der Waals surface area contributed by atoms with Crippen molar-refractivity contribution >= 4 is 23.3 Å². The minimum Gasteiger partial charge on any atom is -0.341 e. The van der Waals surface area contributed by atoms with E-state index in [9.17, 15) is 4.79 Å². The van der Waals surface area contributed by atoms with E-state index in [1.54, 1.807) is 19.2 Å². The molecule has 1 aromatic rings. The van der Waals surface area contributed by atoms with Gasteiger partial charge in [-0.05, 0) is 24.6 Å². The second-order valence-electron chi connectivity index (χ2n) is 2.66. The smallest absolute Gasteiger partial charge is 0.318 e. The maximum Gasteiger partial charge on any atom is 0.318 e. The number of amides is 2. The number of nitrogens with one attached hydrogen (secondary N) is 2. The molecule has 70 valence electrons. The monoisotopic (exact) mass is 198 g/mol. The summed E-state index contributed by atoms with van der Waals surface area (Å²) in [7, 11) is 1.56. The van der Waals surface area contributed by atoms with E-state index >= 15 is 0 Å². The van der Waals surface area contributed by atoms with Gasteiger partial charge in [0.1, 0.15) is 0 Å². The zero-order valence-electron chi connectivity index (χ0n) is 7.52. The van der Waals surface area contributed by atoms with Crippen molar-refractivity contribution in [3.05, 3.63) is 28.8 Å². The van der Waals surface area contributed by atoms with E-state index in [0.29, 0.717) is 5.02 Å². The molecule has 0 aliphatic heterocycles. The van der Waals surface area contributed by atoms with Crippen molar-refractivity contribution in [3.63, 3.8) is 0 Å². The third kappa shape index (κ3) is 2.63. The Hall–Kier alpha value is -1.22. The molecule has 0 heterocycles. The molecule has 1 aromatic carbocycles. The summed E-state index contributed by atoms with van der Waals surface area (Å²) in [5, 5.41) is 5.74. The van der Waals surface area contributed by atoms with Gasteiger partial charge in [-0.15, -0.1) is 0 Å². The van der Waals surface area contributed by atoms with Crippen LogP contribution in [0.2, 0.25) is 5.02 Å². The summed E-state index contributed by atoms with van der Waals surface area (Å²) in [6.45, 7) is 1.90. The van der Waals surface area contributed by atoms with Crippen molar-refractivity contribution in [2.45, 2.75) is 6.92 Å². The molecule has 0 spiro atoms. The Morgan fingerprint density at radius 1 is 1.46 bits per heavy atom. The molecule has 2 N–H and O–H groups in total. The Balaban J connectivity index is 2.87. The molecule has 3 nitrogen and oxygen atoms in total. The zero-order chi connectivity index (χ0) is 9.84. The van der Waals surface area contributed by atoms with Gasteiger partial charge in [-0.2, -0.15) is 0 Å². The van der Waals surface area contributed by atoms with Gasteiger partial charge in [-0.1, -0.05) is 17.7 Å². The predicted octanol–water partition coefficient (Wildman–Crippen LogP) is 2.40. The second kappa shape index (κ2) is 4.14. The van der Waals surface area contributed by atoms with Gasteiger partial charge in [0.25, 0.3) is 0 Å². The molecule has 13 heavy (non-hydrogen) atoms. The van der Waals surface area contributed by atoms with Gasteiger partial charge < -0.3 is 10.6 Å². The summed E-state index contributed by atoms with van der Waals surface area (Å²) in [4.78, 5) is 11.0. The number of benzene rings is 1. The van der Waals surface area contributed by atoms with Gasteiger partial charge in [0.2, 0.25) is 0 Å². The first kappa shape index (κ1) is 9.86. The van der Waals surface area contributed by atoms with Crippen LogP contribution in [0.1, 0.15) is 5.56 Å². The molecule has 0 fully saturated rings. The Kier molecular flexibility index (Phi) is 3.14. The minimum atomic E-state index is -0.245. The van der Waals surface area contributed by atoms with E-state index in [1.807, 2.05) is 13.0 Å². The van der Waals surface area contributed by atoms with Gasteiger partial charge in [0.05, 0.1) is 0 Å². The molecule has 0 saturated carbocycles. The topological polar surface area (TPSA) is 41.1 Å². The number of hydrogen-bond donors (Lipinski definition) is 2. The van der Waals surface area contributed by atoms with Crippen molar-refractivity contribution in [3.8, 4) is 0 Å². The highest BCUT2D eigenvalue weighted by Crippen LogP contribution is 2.19. The Morgan fingerprint density at radius 2 is 2.15 bits per heavy atom. The first-order valence-corrected chi connectivity index (χ1v) is 4.26. The van der Waals surface area contributed by atoms with E-state index in [2.05, 4.69) is 10.6 Å². The normalized spacial score (nSPS) is 9.46. The highest BCUT2D eigenvalue weighted by Gasteiger charge is 2.02. The molecule has 2 amide bonds. The largest absolute Gasteiger partial charge is 0.341 e. The molecule has 1 rings (SSSR count). The maximum absolute atomic E-state index is 11.0. The lowest BCUT2D eigenvalue weighted by Crippen LogP contribution is -2.24. The fraction of sp³-hybridized carbons (Fsp3) is 0.222. The van der Waals surface area contributed by atoms with E-state index in [-0.39, 0.29) is 6.03 Å². The summed E-state index contributed by atoms with van der Waals surface area (Å²) in [5.41, 5.74) is 1.71. The van der Waals surface area contributed by atoms with Crippen LogP contribution in [-0.2, 0) is 0 Å². The maximum atomic E-state index is 11.0. The van der Waals surface area contributed by atoms with Crippen molar-refractivity contribution in [2.24, 2.45) is 0 Å². The predicted molar refractivity (Wildman–Crippen MR) is 54.3 cm³/mol. The third-order valence-corrected chi connectivity index (χ3v) is 1.91. The molecule has 0 atom stereocenters. The van der Waals surface area contributed by atoms with Crippen molar-refractivity contribution in [1.82, 2.24) is 5.32 Å². The lowest BCUT2D eigenvalue weighted by molar-refractivity contribution is 0.254. The molecule has 0 aliphatic carbocycles. The van der Waals surface area contributed by atoms with Crippen LogP contribution in [0.4, 0.5) is 10.5 Å². The quantitative estimate of drug-likeness (QED) is 0.715. The number of carbonyl (C=O) groups excluding carboxylic acids is 1. The van der Waals surface area contributed by atoms with Crippen LogP contribution in [0.15, 0.2) is 18.2 Å². The average Bonchev–Trinajstić information content (AvgIpc) is 2.11. The van der Waals surface area contributed by atoms with E-state index in [1.165, 1.54) is 0 Å². The molecule has 4 heteroatoms. The van der Waals surface area contributed by atoms with Crippen LogP contribution in [0.5, 0.6) is 0 Å². The molecular formula is C9H11ClN2O. The summed E-state index contributed by atoms with van der Waals surface area (Å²) in [6.07, 6.45) is 0. The summed E-state index contributed by atoms with van der Waals surface area (Å²) >= 11 is 5.77. The summed E-state index contributed by atoms with van der Waals surface area (Å²) < 4.78 is 0. The SMILES string of the molecule is CNC(=O)Nc1cc(Cl)ccc1C. The highest BCUT2D eigenvalue weighted by atomic mass is 35.5. The molecule has 0 bridgehead atoms. The Morgan fingerprint density at radius 3 is 2.77 bits per heavy atom. The fourth-order valence-corrected chi connectivity index (χ4v) is 1.09. The van der Waals surface area contributed by atoms with Crippen LogP contribution in [0.3, 0.4) is 0 Å². The van der Waals surface area contributed by atoms with Gasteiger partial charge in [-0.3, -0.25) is 0 Å². The number of halogens is 1. The van der Waals surface area contributed by atoms with Gasteiger partial charge in [0, 0.05) is 17.8 Å². The molecule has 0 saturated heterocycles. The standard InChI is InChI=1S/C9H11ClN2O/c1-6-3-4-7(10)5-8(6)12-9(13)11-2/h3-5H,1-2H3,(H2,11,12,13). The van der Waals surface area contributed by atoms with E-state index in [0.717, 1.165) is 11.3 Å².